The van der Waals surface area contributed by atoms with Crippen molar-refractivity contribution < 1.29 is 9.53 Å². The fourth-order valence-corrected chi connectivity index (χ4v) is 6.02. The maximum atomic E-state index is 14.3. The molecule has 3 fully saturated rings. The van der Waals surface area contributed by atoms with Gasteiger partial charge in [-0.25, -0.2) is 4.99 Å². The Kier molecular flexibility index (Phi) is 6.24. The molecule has 5 heteroatoms. The number of carbonyl (C=O) groups is 1. The summed E-state index contributed by atoms with van der Waals surface area (Å²) in [4.78, 5) is 24.0. The molecule has 5 rings (SSSR count). The number of aliphatic imine (C=N–C) groups is 1. The number of ether oxygens (including phenoxy) is 1. The highest BCUT2D eigenvalue weighted by atomic mass is 16.5. The standard InChI is InChI=1S/C28H35N3O2/c1-21-9-13-23(14-10-21)31-26(29-22-11-15-24(33-2)16-12-22)25(30-19-7-4-8-20-30)28(27(31)32)17-5-3-6-18-28/h9-16,25H,3-8,17-20H2,1-2H3/t25-/m0/s1. The summed E-state index contributed by atoms with van der Waals surface area (Å²) < 4.78 is 5.34. The summed E-state index contributed by atoms with van der Waals surface area (Å²) >= 11 is 0. The summed E-state index contributed by atoms with van der Waals surface area (Å²) in [5.41, 5.74) is 2.62. The van der Waals surface area contributed by atoms with E-state index in [9.17, 15) is 4.79 Å². The molecule has 174 valence electrons. The highest BCUT2D eigenvalue weighted by Gasteiger charge is 2.60. The van der Waals surface area contributed by atoms with Gasteiger partial charge < -0.3 is 4.74 Å². The first-order chi connectivity index (χ1) is 16.1. The van der Waals surface area contributed by atoms with Gasteiger partial charge in [-0.2, -0.15) is 0 Å². The van der Waals surface area contributed by atoms with E-state index in [-0.39, 0.29) is 17.4 Å². The highest BCUT2D eigenvalue weighted by molar-refractivity contribution is 6.27. The lowest BCUT2D eigenvalue weighted by molar-refractivity contribution is -0.130. The van der Waals surface area contributed by atoms with Crippen molar-refractivity contribution >= 4 is 23.1 Å². The van der Waals surface area contributed by atoms with Crippen molar-refractivity contribution in [3.8, 4) is 5.75 Å². The van der Waals surface area contributed by atoms with Crippen molar-refractivity contribution in [2.75, 3.05) is 25.1 Å². The molecule has 0 unspecified atom stereocenters. The number of benzene rings is 2. The predicted octanol–water partition coefficient (Wildman–Crippen LogP) is 5.89. The van der Waals surface area contributed by atoms with Crippen molar-refractivity contribution in [1.82, 2.24) is 4.90 Å². The minimum absolute atomic E-state index is 0.0361. The molecule has 0 radical (unpaired) electrons. The molecule has 2 aliphatic heterocycles. The van der Waals surface area contributed by atoms with Gasteiger partial charge in [0.2, 0.25) is 5.91 Å². The van der Waals surface area contributed by atoms with Crippen LogP contribution in [0.3, 0.4) is 0 Å². The maximum Gasteiger partial charge on any atom is 0.240 e. The molecule has 2 saturated heterocycles. The molecule has 2 aromatic rings. The van der Waals surface area contributed by atoms with Crippen LogP contribution >= 0.6 is 0 Å². The van der Waals surface area contributed by atoms with E-state index in [4.69, 9.17) is 9.73 Å². The molecular formula is C28H35N3O2. The molecular weight excluding hydrogens is 410 g/mol. The molecule has 0 bridgehead atoms. The minimum Gasteiger partial charge on any atom is -0.497 e. The maximum absolute atomic E-state index is 14.3. The average molecular weight is 446 g/mol. The van der Waals surface area contributed by atoms with E-state index < -0.39 is 0 Å². The van der Waals surface area contributed by atoms with E-state index >= 15 is 0 Å². The zero-order valence-corrected chi connectivity index (χ0v) is 19.9. The summed E-state index contributed by atoms with van der Waals surface area (Å²) in [5, 5.41) is 0. The van der Waals surface area contributed by atoms with E-state index in [1.54, 1.807) is 7.11 Å². The lowest BCUT2D eigenvalue weighted by Crippen LogP contribution is -2.52. The van der Waals surface area contributed by atoms with Gasteiger partial charge in [-0.05, 0) is 82.1 Å². The Balaban J connectivity index is 1.66. The van der Waals surface area contributed by atoms with E-state index in [1.165, 1.54) is 31.2 Å². The van der Waals surface area contributed by atoms with Gasteiger partial charge in [-0.1, -0.05) is 43.4 Å². The second-order valence-corrected chi connectivity index (χ2v) is 9.86. The monoisotopic (exact) mass is 445 g/mol. The van der Waals surface area contributed by atoms with E-state index in [0.717, 1.165) is 61.7 Å². The Morgan fingerprint density at radius 1 is 0.879 bits per heavy atom. The molecule has 0 aromatic heterocycles. The smallest absolute Gasteiger partial charge is 0.240 e. The van der Waals surface area contributed by atoms with Crippen molar-refractivity contribution in [1.29, 1.82) is 0 Å². The number of amides is 1. The summed E-state index contributed by atoms with van der Waals surface area (Å²) in [5.74, 6) is 1.96. The Bertz CT molecular complexity index is 1000. The Labute approximate surface area is 197 Å². The first kappa shape index (κ1) is 22.1. The van der Waals surface area contributed by atoms with Crippen molar-refractivity contribution in [3.05, 3.63) is 54.1 Å². The van der Waals surface area contributed by atoms with Crippen LogP contribution in [0, 0.1) is 12.3 Å². The lowest BCUT2D eigenvalue weighted by atomic mass is 9.69. The number of hydrogen-bond donors (Lipinski definition) is 0. The number of likely N-dealkylation sites (tertiary alicyclic amines) is 1. The van der Waals surface area contributed by atoms with Crippen LogP contribution in [-0.4, -0.2) is 42.9 Å². The molecule has 5 nitrogen and oxygen atoms in total. The van der Waals surface area contributed by atoms with Crippen molar-refractivity contribution in [2.24, 2.45) is 10.4 Å². The van der Waals surface area contributed by atoms with Crippen LogP contribution in [0.2, 0.25) is 0 Å². The third-order valence-corrected chi connectivity index (χ3v) is 7.74. The van der Waals surface area contributed by atoms with Crippen molar-refractivity contribution in [3.63, 3.8) is 0 Å². The molecule has 0 N–H and O–H groups in total. The van der Waals surface area contributed by atoms with Crippen LogP contribution in [0.5, 0.6) is 5.75 Å². The van der Waals surface area contributed by atoms with Crippen LogP contribution in [0.1, 0.15) is 56.9 Å². The van der Waals surface area contributed by atoms with Crippen LogP contribution in [0.4, 0.5) is 11.4 Å². The largest absolute Gasteiger partial charge is 0.497 e. The first-order valence-electron chi connectivity index (χ1n) is 12.5. The molecule has 1 amide bonds. The van der Waals surface area contributed by atoms with Crippen LogP contribution < -0.4 is 9.64 Å². The normalized spacial score (nSPS) is 24.5. The van der Waals surface area contributed by atoms with E-state index in [2.05, 4.69) is 36.1 Å². The number of piperidine rings is 1. The molecule has 33 heavy (non-hydrogen) atoms. The van der Waals surface area contributed by atoms with Gasteiger partial charge in [0.15, 0.2) is 0 Å². The first-order valence-corrected chi connectivity index (χ1v) is 12.5. The van der Waals surface area contributed by atoms with E-state index in [1.807, 2.05) is 29.2 Å². The topological polar surface area (TPSA) is 45.1 Å². The molecule has 2 aromatic carbocycles. The third-order valence-electron chi connectivity index (χ3n) is 7.74. The Hall–Kier alpha value is -2.66. The number of carbonyl (C=O) groups excluding carboxylic acids is 1. The average Bonchev–Trinajstić information content (AvgIpc) is 3.08. The van der Waals surface area contributed by atoms with Gasteiger partial charge in [-0.15, -0.1) is 0 Å². The van der Waals surface area contributed by atoms with Gasteiger partial charge in [0.05, 0.1) is 29.9 Å². The summed E-state index contributed by atoms with van der Waals surface area (Å²) in [7, 11) is 1.68. The SMILES string of the molecule is COc1ccc(N=C2[C@H](N3CCCCC3)C3(CCCCC3)C(=O)N2c2ccc(C)cc2)cc1. The van der Waals surface area contributed by atoms with Crippen molar-refractivity contribution in [2.45, 2.75) is 64.3 Å². The van der Waals surface area contributed by atoms with Gasteiger partial charge in [0.1, 0.15) is 11.6 Å². The number of anilines is 1. The number of amidine groups is 1. The quantitative estimate of drug-likeness (QED) is 0.590. The molecule has 2 heterocycles. The van der Waals surface area contributed by atoms with Crippen LogP contribution in [0.15, 0.2) is 53.5 Å². The molecule has 1 aliphatic carbocycles. The van der Waals surface area contributed by atoms with Gasteiger partial charge in [0.25, 0.3) is 0 Å². The Morgan fingerprint density at radius 2 is 1.52 bits per heavy atom. The number of nitrogens with zero attached hydrogens (tertiary/aromatic N) is 3. The van der Waals surface area contributed by atoms with Gasteiger partial charge in [0, 0.05) is 0 Å². The zero-order valence-electron chi connectivity index (χ0n) is 19.9. The lowest BCUT2D eigenvalue weighted by Gasteiger charge is -2.42. The third kappa shape index (κ3) is 4.08. The number of rotatable bonds is 4. The molecule has 1 saturated carbocycles. The predicted molar refractivity (Wildman–Crippen MR) is 133 cm³/mol. The second kappa shape index (κ2) is 9.30. The zero-order chi connectivity index (χ0) is 22.8. The molecule has 3 aliphatic rings. The number of hydrogen-bond acceptors (Lipinski definition) is 4. The summed E-state index contributed by atoms with van der Waals surface area (Å²) in [6.45, 7) is 4.17. The van der Waals surface area contributed by atoms with Crippen LogP contribution in [0.25, 0.3) is 0 Å². The fraction of sp³-hybridized carbons (Fsp3) is 0.500. The Morgan fingerprint density at radius 3 is 2.15 bits per heavy atom. The minimum atomic E-state index is -0.369. The molecule has 1 atom stereocenters. The summed E-state index contributed by atoms with van der Waals surface area (Å²) in [6, 6.07) is 16.2. The molecule has 1 spiro atoms. The second-order valence-electron chi connectivity index (χ2n) is 9.86. The van der Waals surface area contributed by atoms with Crippen LogP contribution in [-0.2, 0) is 4.79 Å². The highest BCUT2D eigenvalue weighted by Crippen LogP contribution is 2.50. The van der Waals surface area contributed by atoms with Gasteiger partial charge >= 0.3 is 0 Å². The van der Waals surface area contributed by atoms with E-state index in [0.29, 0.717) is 0 Å². The fourth-order valence-electron chi connectivity index (χ4n) is 6.02. The number of methoxy groups -OCH3 is 1. The summed E-state index contributed by atoms with van der Waals surface area (Å²) in [6.07, 6.45) is 9.03. The van der Waals surface area contributed by atoms with Gasteiger partial charge in [-0.3, -0.25) is 14.6 Å². The number of aryl methyl sites for hydroxylation is 1.